The van der Waals surface area contributed by atoms with Crippen LogP contribution in [0.2, 0.25) is 0 Å². The van der Waals surface area contributed by atoms with Crippen molar-refractivity contribution in [3.63, 3.8) is 0 Å². The monoisotopic (exact) mass is 788 g/mol. The van der Waals surface area contributed by atoms with Crippen molar-refractivity contribution in [2.45, 2.75) is 148 Å². The Morgan fingerprint density at radius 3 is 1.31 bits per heavy atom. The van der Waals surface area contributed by atoms with Gasteiger partial charge < -0.3 is 50.6 Å². The van der Waals surface area contributed by atoms with E-state index in [4.69, 9.17) is 24.1 Å². The lowest BCUT2D eigenvalue weighted by Crippen LogP contribution is -2.45. The van der Waals surface area contributed by atoms with Gasteiger partial charge in [-0.1, -0.05) is 78.1 Å². The van der Waals surface area contributed by atoms with Gasteiger partial charge in [-0.05, 0) is 32.1 Å². The molecule has 15 heteroatoms. The summed E-state index contributed by atoms with van der Waals surface area (Å²) in [4.78, 5) is 58.4. The predicted molar refractivity (Wildman–Crippen MR) is 214 cm³/mol. The zero-order chi connectivity index (χ0) is 40.6. The standard InChI is InChI=1S/C40H77N5O10/c1-34(2)45-35(40(51)41-3)18-16-17-23-42-37(47)21-26-52-30-33-55-29-25-44-38(48)22-27-53-31-32-54-28-24-43-36(46)19-14-12-10-8-6-4-5-7-9-11-13-15-20-39(49)50/h34-35,45H,4-33H2,1-3H3,(H,41,51)(H,42,47)(H,43,46)(H,44,48)(H,49,50). The molecule has 0 bridgehead atoms. The summed E-state index contributed by atoms with van der Waals surface area (Å²) in [7, 11) is 1.63. The predicted octanol–water partition coefficient (Wildman–Crippen LogP) is 4.01. The summed E-state index contributed by atoms with van der Waals surface area (Å²) in [6.07, 6.45) is 17.1. The molecule has 0 saturated carbocycles. The molecule has 1 atom stereocenters. The Morgan fingerprint density at radius 1 is 0.473 bits per heavy atom. The van der Waals surface area contributed by atoms with Crippen LogP contribution in [0, 0.1) is 0 Å². The summed E-state index contributed by atoms with van der Waals surface area (Å²) in [5, 5.41) is 23.1. The minimum absolute atomic E-state index is 0.0205. The zero-order valence-corrected chi connectivity index (χ0v) is 34.5. The highest BCUT2D eigenvalue weighted by Crippen LogP contribution is 2.13. The van der Waals surface area contributed by atoms with Crippen LogP contribution in [0.3, 0.4) is 0 Å². The first kappa shape index (κ1) is 52.2. The van der Waals surface area contributed by atoms with Gasteiger partial charge in [-0.25, -0.2) is 0 Å². The quantitative estimate of drug-likeness (QED) is 0.0489. The van der Waals surface area contributed by atoms with Gasteiger partial charge >= 0.3 is 5.97 Å². The maximum Gasteiger partial charge on any atom is 0.303 e. The largest absolute Gasteiger partial charge is 0.481 e. The maximum absolute atomic E-state index is 12.0. The summed E-state index contributed by atoms with van der Waals surface area (Å²) >= 11 is 0. The fourth-order valence-electron chi connectivity index (χ4n) is 5.66. The molecule has 4 amide bonds. The van der Waals surface area contributed by atoms with Gasteiger partial charge in [0.15, 0.2) is 0 Å². The zero-order valence-electron chi connectivity index (χ0n) is 34.5. The molecule has 0 aromatic rings. The molecule has 0 aromatic carbocycles. The maximum atomic E-state index is 12.0. The first-order chi connectivity index (χ1) is 26.6. The number of carbonyl (C=O) groups is 5. The van der Waals surface area contributed by atoms with E-state index in [0.29, 0.717) is 85.3 Å². The molecule has 0 aliphatic carbocycles. The molecule has 0 radical (unpaired) electrons. The minimum atomic E-state index is -0.699. The third kappa shape index (κ3) is 39.2. The molecule has 0 rings (SSSR count). The van der Waals surface area contributed by atoms with Crippen LogP contribution in [0.25, 0.3) is 0 Å². The highest BCUT2D eigenvalue weighted by atomic mass is 16.5. The molecule has 0 saturated heterocycles. The van der Waals surface area contributed by atoms with E-state index in [-0.39, 0.29) is 55.0 Å². The minimum Gasteiger partial charge on any atom is -0.481 e. The van der Waals surface area contributed by atoms with E-state index in [2.05, 4.69) is 26.6 Å². The molecule has 0 spiro atoms. The molecule has 15 nitrogen and oxygen atoms in total. The van der Waals surface area contributed by atoms with Crippen LogP contribution in [0.15, 0.2) is 0 Å². The van der Waals surface area contributed by atoms with Gasteiger partial charge in [0.1, 0.15) is 0 Å². The van der Waals surface area contributed by atoms with E-state index in [0.717, 1.165) is 51.4 Å². The third-order valence-electron chi connectivity index (χ3n) is 8.71. The molecule has 322 valence electrons. The molecule has 0 heterocycles. The Labute approximate surface area is 331 Å². The first-order valence-corrected chi connectivity index (χ1v) is 21.0. The Bertz CT molecular complexity index is 973. The fourth-order valence-corrected chi connectivity index (χ4v) is 5.66. The number of carboxylic acid groups (broad SMARTS) is 1. The molecular weight excluding hydrogens is 710 g/mol. The van der Waals surface area contributed by atoms with E-state index in [1.54, 1.807) is 7.05 Å². The summed E-state index contributed by atoms with van der Waals surface area (Å²) in [6.45, 7) is 8.28. The number of carbonyl (C=O) groups excluding carboxylic acids is 4. The number of nitrogens with one attached hydrogen (secondary N) is 5. The molecule has 0 aromatic heterocycles. The van der Waals surface area contributed by atoms with Crippen LogP contribution in [0.1, 0.15) is 136 Å². The van der Waals surface area contributed by atoms with Gasteiger partial charge in [0.2, 0.25) is 23.6 Å². The molecule has 55 heavy (non-hydrogen) atoms. The number of amides is 4. The van der Waals surface area contributed by atoms with Crippen LogP contribution >= 0.6 is 0 Å². The Hall–Kier alpha value is -2.85. The summed E-state index contributed by atoms with van der Waals surface area (Å²) in [6, 6.07) is -0.00946. The van der Waals surface area contributed by atoms with E-state index in [9.17, 15) is 24.0 Å². The van der Waals surface area contributed by atoms with Gasteiger partial charge in [0, 0.05) is 58.4 Å². The highest BCUT2D eigenvalue weighted by Gasteiger charge is 2.17. The molecule has 6 N–H and O–H groups in total. The Kier molecular flexibility index (Phi) is 37.3. The molecule has 0 aliphatic heterocycles. The SMILES string of the molecule is CNC(=O)C(CCCCNC(=O)CCOCCOCCNC(=O)CCOCCOCCNC(=O)CCCCCCCCCCCCCCC(=O)O)NC(C)C. The van der Waals surface area contributed by atoms with Gasteiger partial charge in [-0.15, -0.1) is 0 Å². The lowest BCUT2D eigenvalue weighted by atomic mass is 10.0. The second kappa shape index (κ2) is 39.4. The van der Waals surface area contributed by atoms with Crippen molar-refractivity contribution in [2.24, 2.45) is 0 Å². The van der Waals surface area contributed by atoms with Gasteiger partial charge in [0.25, 0.3) is 0 Å². The number of aliphatic carboxylic acids is 1. The van der Waals surface area contributed by atoms with E-state index < -0.39 is 5.97 Å². The smallest absolute Gasteiger partial charge is 0.303 e. The first-order valence-electron chi connectivity index (χ1n) is 21.0. The van der Waals surface area contributed by atoms with Crippen molar-refractivity contribution >= 4 is 29.6 Å². The Balaban J connectivity index is 3.40. The van der Waals surface area contributed by atoms with Gasteiger partial charge in [-0.2, -0.15) is 0 Å². The van der Waals surface area contributed by atoms with E-state index >= 15 is 0 Å². The average Bonchev–Trinajstić information content (AvgIpc) is 3.15. The van der Waals surface area contributed by atoms with Crippen molar-refractivity contribution in [2.75, 3.05) is 79.5 Å². The summed E-state index contributed by atoms with van der Waals surface area (Å²) in [5.41, 5.74) is 0. The number of carboxylic acids is 1. The molecule has 0 aliphatic rings. The van der Waals surface area contributed by atoms with E-state index in [1.807, 2.05) is 13.8 Å². The normalized spacial score (nSPS) is 11.7. The average molecular weight is 788 g/mol. The second-order valence-corrected chi connectivity index (χ2v) is 14.1. The van der Waals surface area contributed by atoms with Crippen LogP contribution in [0.5, 0.6) is 0 Å². The number of unbranched alkanes of at least 4 members (excludes halogenated alkanes) is 12. The number of rotatable bonds is 41. The second-order valence-electron chi connectivity index (χ2n) is 14.1. The fraction of sp³-hybridized carbons (Fsp3) is 0.875. The Morgan fingerprint density at radius 2 is 0.873 bits per heavy atom. The number of hydrogen-bond donors (Lipinski definition) is 6. The van der Waals surface area contributed by atoms with Crippen molar-refractivity contribution in [1.82, 2.24) is 26.6 Å². The van der Waals surface area contributed by atoms with Crippen molar-refractivity contribution in [3.05, 3.63) is 0 Å². The lowest BCUT2D eigenvalue weighted by Gasteiger charge is -2.19. The number of hydrogen-bond acceptors (Lipinski definition) is 10. The lowest BCUT2D eigenvalue weighted by molar-refractivity contribution is -0.137. The third-order valence-corrected chi connectivity index (χ3v) is 8.71. The van der Waals surface area contributed by atoms with Crippen LogP contribution < -0.4 is 26.6 Å². The molecule has 0 fully saturated rings. The van der Waals surface area contributed by atoms with Crippen LogP contribution in [-0.2, 0) is 42.9 Å². The van der Waals surface area contributed by atoms with Crippen molar-refractivity contribution in [1.29, 1.82) is 0 Å². The van der Waals surface area contributed by atoms with Crippen molar-refractivity contribution < 1.29 is 48.0 Å². The van der Waals surface area contributed by atoms with Gasteiger partial charge in [-0.3, -0.25) is 24.0 Å². The molecule has 1 unspecified atom stereocenters. The number of ether oxygens (including phenoxy) is 4. The summed E-state index contributed by atoms with van der Waals surface area (Å²) < 4.78 is 21.8. The highest BCUT2D eigenvalue weighted by molar-refractivity contribution is 5.81. The van der Waals surface area contributed by atoms with Crippen LogP contribution in [-0.4, -0.2) is 126 Å². The number of likely N-dealkylation sites (N-methyl/N-ethyl adjacent to an activating group) is 1. The van der Waals surface area contributed by atoms with Gasteiger partial charge in [0.05, 0.1) is 58.9 Å². The van der Waals surface area contributed by atoms with E-state index in [1.165, 1.54) is 38.5 Å². The summed E-state index contributed by atoms with van der Waals surface area (Å²) in [5.74, 6) is -0.861. The molecular formula is C40H77N5O10. The topological polar surface area (TPSA) is 203 Å². The van der Waals surface area contributed by atoms with Crippen molar-refractivity contribution in [3.8, 4) is 0 Å². The van der Waals surface area contributed by atoms with Crippen LogP contribution in [0.4, 0.5) is 0 Å².